The molecule has 1 amide bonds. The highest BCUT2D eigenvalue weighted by Crippen LogP contribution is 2.43. The van der Waals surface area contributed by atoms with Crippen LogP contribution in [0.4, 0.5) is 5.82 Å². The summed E-state index contributed by atoms with van der Waals surface area (Å²) in [6.07, 6.45) is 7.54. The Morgan fingerprint density at radius 2 is 1.87 bits per heavy atom. The van der Waals surface area contributed by atoms with E-state index < -0.39 is 30.3 Å². The van der Waals surface area contributed by atoms with Crippen molar-refractivity contribution in [2.75, 3.05) is 12.3 Å². The van der Waals surface area contributed by atoms with Crippen LogP contribution in [0.5, 0.6) is 0 Å². The van der Waals surface area contributed by atoms with Gasteiger partial charge < -0.3 is 25.3 Å². The summed E-state index contributed by atoms with van der Waals surface area (Å²) in [5.41, 5.74) is 6.92. The molecule has 31 heavy (non-hydrogen) atoms. The fraction of sp³-hybridized carbons (Fsp3) is 0.714. The number of nitrogens with two attached hydrogens (primary N) is 1. The first-order chi connectivity index (χ1) is 14.9. The van der Waals surface area contributed by atoms with Crippen LogP contribution in [0.1, 0.15) is 65.5 Å². The summed E-state index contributed by atoms with van der Waals surface area (Å²) in [7, 11) is 0. The number of nitrogens with one attached hydrogen (secondary N) is 1. The Morgan fingerprint density at radius 1 is 1.13 bits per heavy atom. The zero-order valence-electron chi connectivity index (χ0n) is 18.4. The summed E-state index contributed by atoms with van der Waals surface area (Å²) in [6.45, 7) is 6.49. The van der Waals surface area contributed by atoms with Gasteiger partial charge in [-0.15, -0.1) is 0 Å². The second-order valence-corrected chi connectivity index (χ2v) is 8.65. The lowest BCUT2D eigenvalue weighted by molar-refractivity contribution is -0.197. The van der Waals surface area contributed by atoms with Crippen molar-refractivity contribution in [2.24, 2.45) is 0 Å². The summed E-state index contributed by atoms with van der Waals surface area (Å²) in [5, 5.41) is 3.00. The van der Waals surface area contributed by atoms with Gasteiger partial charge in [0.15, 0.2) is 29.6 Å². The van der Waals surface area contributed by atoms with Gasteiger partial charge in [-0.05, 0) is 20.3 Å². The third kappa shape index (κ3) is 4.51. The van der Waals surface area contributed by atoms with Crippen LogP contribution in [0.2, 0.25) is 0 Å². The molecule has 0 saturated carbocycles. The Kier molecular flexibility index (Phi) is 6.40. The van der Waals surface area contributed by atoms with E-state index in [1.807, 2.05) is 13.8 Å². The maximum Gasteiger partial charge on any atom is 0.252 e. The van der Waals surface area contributed by atoms with E-state index in [-0.39, 0.29) is 11.7 Å². The van der Waals surface area contributed by atoms with E-state index in [0.29, 0.717) is 17.7 Å². The van der Waals surface area contributed by atoms with Crippen LogP contribution in [0.25, 0.3) is 11.2 Å². The van der Waals surface area contributed by atoms with Crippen LogP contribution >= 0.6 is 0 Å². The van der Waals surface area contributed by atoms with Crippen LogP contribution in [0.3, 0.4) is 0 Å². The standard InChI is InChI=1S/C21H32N6O4/c1-4-5-6-7-8-9-10-23-19(28)15-14-16(31-21(2,3)30-14)20(29-15)27-12-26-13-17(22)24-11-25-18(13)27/h11-12,14-16,20H,4-10H2,1-3H3,(H,23,28)(H2,22,24,25)/t14-,15+,16-,20-/m1/s1. The Labute approximate surface area is 181 Å². The number of fused-ring (bicyclic) bond motifs is 2. The highest BCUT2D eigenvalue weighted by Gasteiger charge is 2.58. The molecule has 170 valence electrons. The van der Waals surface area contributed by atoms with Crippen molar-refractivity contribution in [2.45, 2.75) is 89.6 Å². The Hall–Kier alpha value is -2.30. The number of ether oxygens (including phenoxy) is 3. The zero-order chi connectivity index (χ0) is 22.0. The molecule has 0 aliphatic carbocycles. The topological polar surface area (TPSA) is 126 Å². The summed E-state index contributed by atoms with van der Waals surface area (Å²) in [5.74, 6) is -0.721. The fourth-order valence-electron chi connectivity index (χ4n) is 4.29. The maximum absolute atomic E-state index is 12.9. The van der Waals surface area contributed by atoms with Crippen LogP contribution in [0.15, 0.2) is 12.7 Å². The van der Waals surface area contributed by atoms with Gasteiger partial charge in [-0.25, -0.2) is 15.0 Å². The average Bonchev–Trinajstić information content (AvgIpc) is 3.38. The molecule has 2 aliphatic heterocycles. The highest BCUT2D eigenvalue weighted by molar-refractivity contribution is 5.83. The number of carbonyl (C=O) groups is 1. The molecule has 0 radical (unpaired) electrons. The molecule has 3 N–H and O–H groups in total. The number of rotatable bonds is 9. The predicted molar refractivity (Wildman–Crippen MR) is 114 cm³/mol. The third-order valence-electron chi connectivity index (χ3n) is 5.78. The smallest absolute Gasteiger partial charge is 0.252 e. The SMILES string of the molecule is CCCCCCCCNC(=O)[C@H]1O[C@@H](n2cnc3c(N)ncnc32)[C@@H]2OC(C)(C)O[C@@H]21. The molecular weight excluding hydrogens is 400 g/mol. The first kappa shape index (κ1) is 21.9. The fourth-order valence-corrected chi connectivity index (χ4v) is 4.29. The van der Waals surface area contributed by atoms with Crippen molar-refractivity contribution in [3.8, 4) is 0 Å². The van der Waals surface area contributed by atoms with Crippen molar-refractivity contribution in [1.82, 2.24) is 24.8 Å². The lowest BCUT2D eigenvalue weighted by atomic mass is 10.1. The van der Waals surface area contributed by atoms with Gasteiger partial charge in [0.25, 0.3) is 5.91 Å². The molecule has 0 aromatic carbocycles. The van der Waals surface area contributed by atoms with Gasteiger partial charge in [-0.2, -0.15) is 0 Å². The number of imidazole rings is 1. The van der Waals surface area contributed by atoms with Gasteiger partial charge in [0.05, 0.1) is 6.33 Å². The van der Waals surface area contributed by atoms with Crippen LogP contribution in [-0.4, -0.2) is 56.1 Å². The maximum atomic E-state index is 12.9. The number of unbranched alkanes of at least 4 members (excludes halogenated alkanes) is 5. The Bertz CT molecular complexity index is 916. The summed E-state index contributed by atoms with van der Waals surface area (Å²) in [6, 6.07) is 0. The largest absolute Gasteiger partial charge is 0.382 e. The minimum Gasteiger partial charge on any atom is -0.382 e. The molecule has 2 saturated heterocycles. The van der Waals surface area contributed by atoms with Gasteiger partial charge in [0, 0.05) is 6.54 Å². The lowest BCUT2D eigenvalue weighted by Crippen LogP contribution is -2.43. The summed E-state index contributed by atoms with van der Waals surface area (Å²) in [4.78, 5) is 25.5. The van der Waals surface area contributed by atoms with Crippen molar-refractivity contribution >= 4 is 22.9 Å². The van der Waals surface area contributed by atoms with E-state index in [1.54, 1.807) is 10.9 Å². The van der Waals surface area contributed by atoms with Gasteiger partial charge in [-0.1, -0.05) is 39.0 Å². The van der Waals surface area contributed by atoms with E-state index in [0.717, 1.165) is 12.8 Å². The minimum absolute atomic E-state index is 0.189. The minimum atomic E-state index is -0.820. The monoisotopic (exact) mass is 432 g/mol. The molecule has 2 aromatic heterocycles. The highest BCUT2D eigenvalue weighted by atomic mass is 16.8. The van der Waals surface area contributed by atoms with E-state index >= 15 is 0 Å². The third-order valence-corrected chi connectivity index (χ3v) is 5.78. The van der Waals surface area contributed by atoms with Gasteiger partial charge in [-0.3, -0.25) is 9.36 Å². The number of amides is 1. The molecule has 10 nitrogen and oxygen atoms in total. The van der Waals surface area contributed by atoms with Gasteiger partial charge in [0.1, 0.15) is 24.1 Å². The van der Waals surface area contributed by atoms with Crippen LogP contribution in [0, 0.1) is 0 Å². The molecule has 4 atom stereocenters. The first-order valence-electron chi connectivity index (χ1n) is 11.1. The van der Waals surface area contributed by atoms with Gasteiger partial charge in [0.2, 0.25) is 0 Å². The number of nitrogen functional groups attached to an aromatic ring is 1. The lowest BCUT2D eigenvalue weighted by Gasteiger charge is -2.24. The van der Waals surface area contributed by atoms with Crippen molar-refractivity contribution < 1.29 is 19.0 Å². The van der Waals surface area contributed by atoms with Crippen LogP contribution in [-0.2, 0) is 19.0 Å². The van der Waals surface area contributed by atoms with E-state index in [9.17, 15) is 4.79 Å². The molecule has 2 aromatic rings. The van der Waals surface area contributed by atoms with E-state index in [2.05, 4.69) is 27.2 Å². The number of carbonyl (C=O) groups excluding carboxylic acids is 1. The molecule has 2 aliphatic rings. The molecule has 4 heterocycles. The molecular formula is C21H32N6O4. The molecule has 2 fully saturated rings. The van der Waals surface area contributed by atoms with E-state index in [1.165, 1.54) is 32.0 Å². The zero-order valence-corrected chi connectivity index (χ0v) is 18.4. The number of anilines is 1. The molecule has 4 rings (SSSR count). The summed E-state index contributed by atoms with van der Waals surface area (Å²) < 4.78 is 20.0. The molecule has 0 bridgehead atoms. The first-order valence-corrected chi connectivity index (χ1v) is 11.1. The second kappa shape index (κ2) is 9.05. The number of hydrogen-bond donors (Lipinski definition) is 2. The van der Waals surface area contributed by atoms with Crippen LogP contribution < -0.4 is 11.1 Å². The van der Waals surface area contributed by atoms with Gasteiger partial charge >= 0.3 is 0 Å². The number of aromatic nitrogens is 4. The van der Waals surface area contributed by atoms with Crippen molar-refractivity contribution in [1.29, 1.82) is 0 Å². The second-order valence-electron chi connectivity index (χ2n) is 8.65. The Balaban J connectivity index is 1.45. The average molecular weight is 433 g/mol. The number of nitrogens with zero attached hydrogens (tertiary/aromatic N) is 4. The van der Waals surface area contributed by atoms with E-state index in [4.69, 9.17) is 19.9 Å². The predicted octanol–water partition coefficient (Wildman–Crippen LogP) is 2.30. The normalized spacial score (nSPS) is 26.9. The van der Waals surface area contributed by atoms with Crippen molar-refractivity contribution in [3.63, 3.8) is 0 Å². The quantitative estimate of drug-likeness (QED) is 0.578. The summed E-state index contributed by atoms with van der Waals surface area (Å²) >= 11 is 0. The Morgan fingerprint density at radius 3 is 2.68 bits per heavy atom. The molecule has 10 heteroatoms. The molecule has 0 spiro atoms. The van der Waals surface area contributed by atoms with Crippen molar-refractivity contribution in [3.05, 3.63) is 12.7 Å². The molecule has 0 unspecified atom stereocenters. The number of hydrogen-bond acceptors (Lipinski definition) is 8.